The highest BCUT2D eigenvalue weighted by molar-refractivity contribution is 6.31. The average molecular weight is 282 g/mol. The minimum Gasteiger partial charge on any atom is -0.309 e. The van der Waals surface area contributed by atoms with Crippen LogP contribution in [0.3, 0.4) is 0 Å². The molecule has 19 heavy (non-hydrogen) atoms. The van der Waals surface area contributed by atoms with E-state index in [1.807, 2.05) is 42.6 Å². The highest BCUT2D eigenvalue weighted by Crippen LogP contribution is 2.24. The molecule has 2 heterocycles. The summed E-state index contributed by atoms with van der Waals surface area (Å²) in [7, 11) is 3.85. The first kappa shape index (κ1) is 14.1. The second-order valence-corrected chi connectivity index (χ2v) is 5.08. The van der Waals surface area contributed by atoms with E-state index in [-0.39, 0.29) is 6.04 Å². The van der Waals surface area contributed by atoms with E-state index in [2.05, 4.69) is 22.4 Å². The van der Waals surface area contributed by atoms with E-state index in [1.54, 1.807) is 0 Å². The average Bonchev–Trinajstić information content (AvgIpc) is 2.88. The second-order valence-electron chi connectivity index (χ2n) is 4.70. The van der Waals surface area contributed by atoms with Gasteiger partial charge in [0.05, 0.1) is 28.1 Å². The lowest BCUT2D eigenvalue weighted by atomic mass is 10.1. The molecule has 0 aliphatic carbocycles. The number of rotatable bonds is 5. The van der Waals surface area contributed by atoms with E-state index < -0.39 is 0 Å². The van der Waals surface area contributed by atoms with Crippen molar-refractivity contribution >= 4 is 11.6 Å². The SMILES string of the molecule is CCNC(Cc1c(Cl)c(C)nn1C)c1ccn(C)n1. The lowest BCUT2D eigenvalue weighted by Gasteiger charge is -2.16. The summed E-state index contributed by atoms with van der Waals surface area (Å²) >= 11 is 6.31. The van der Waals surface area contributed by atoms with Gasteiger partial charge in [-0.2, -0.15) is 10.2 Å². The highest BCUT2D eigenvalue weighted by atomic mass is 35.5. The maximum absolute atomic E-state index is 6.31. The summed E-state index contributed by atoms with van der Waals surface area (Å²) in [5, 5.41) is 13.0. The molecule has 1 N–H and O–H groups in total. The number of aryl methyl sites for hydroxylation is 3. The standard InChI is InChI=1S/C13H20ClN5/c1-5-15-11(10-6-7-18(3)17-10)8-12-13(14)9(2)16-19(12)4/h6-7,11,15H,5,8H2,1-4H3. The van der Waals surface area contributed by atoms with Crippen LogP contribution in [0.5, 0.6) is 0 Å². The van der Waals surface area contributed by atoms with Gasteiger partial charge in [0.1, 0.15) is 0 Å². The van der Waals surface area contributed by atoms with Crippen LogP contribution in [-0.4, -0.2) is 26.1 Å². The van der Waals surface area contributed by atoms with Gasteiger partial charge in [-0.15, -0.1) is 0 Å². The fourth-order valence-corrected chi connectivity index (χ4v) is 2.48. The molecule has 1 atom stereocenters. The zero-order valence-corrected chi connectivity index (χ0v) is 12.6. The van der Waals surface area contributed by atoms with Gasteiger partial charge in [0.15, 0.2) is 0 Å². The Balaban J connectivity index is 2.26. The first-order chi connectivity index (χ1) is 9.02. The van der Waals surface area contributed by atoms with Crippen LogP contribution in [-0.2, 0) is 20.5 Å². The Hall–Kier alpha value is -1.33. The molecule has 0 saturated carbocycles. The third-order valence-electron chi connectivity index (χ3n) is 3.20. The van der Waals surface area contributed by atoms with Crippen molar-refractivity contribution in [3.63, 3.8) is 0 Å². The van der Waals surface area contributed by atoms with E-state index >= 15 is 0 Å². The van der Waals surface area contributed by atoms with Gasteiger partial charge >= 0.3 is 0 Å². The van der Waals surface area contributed by atoms with Crippen molar-refractivity contribution in [2.75, 3.05) is 6.54 Å². The Kier molecular flexibility index (Phi) is 4.27. The van der Waals surface area contributed by atoms with Crippen LogP contribution in [0.15, 0.2) is 12.3 Å². The summed E-state index contributed by atoms with van der Waals surface area (Å²) in [5.74, 6) is 0. The molecule has 2 aromatic rings. The molecule has 5 nitrogen and oxygen atoms in total. The predicted molar refractivity (Wildman–Crippen MR) is 76.3 cm³/mol. The van der Waals surface area contributed by atoms with Gasteiger partial charge in [0.2, 0.25) is 0 Å². The third kappa shape index (κ3) is 2.98. The first-order valence-electron chi connectivity index (χ1n) is 6.43. The number of nitrogens with zero attached hydrogens (tertiary/aromatic N) is 4. The van der Waals surface area contributed by atoms with Gasteiger partial charge < -0.3 is 5.32 Å². The summed E-state index contributed by atoms with van der Waals surface area (Å²) in [6.07, 6.45) is 2.73. The number of aromatic nitrogens is 4. The molecular formula is C13H20ClN5. The summed E-state index contributed by atoms with van der Waals surface area (Å²) < 4.78 is 3.67. The molecule has 0 radical (unpaired) electrons. The van der Waals surface area contributed by atoms with Crippen LogP contribution < -0.4 is 5.32 Å². The zero-order chi connectivity index (χ0) is 14.0. The van der Waals surface area contributed by atoms with E-state index in [1.165, 1.54) is 0 Å². The zero-order valence-electron chi connectivity index (χ0n) is 11.8. The van der Waals surface area contributed by atoms with E-state index in [0.717, 1.165) is 35.1 Å². The molecule has 0 aliphatic heterocycles. The van der Waals surface area contributed by atoms with Crippen molar-refractivity contribution in [1.29, 1.82) is 0 Å². The Bertz CT molecular complexity index is 557. The Morgan fingerprint density at radius 3 is 2.58 bits per heavy atom. The normalized spacial score (nSPS) is 12.9. The summed E-state index contributed by atoms with van der Waals surface area (Å²) in [6.45, 7) is 4.90. The molecule has 0 fully saturated rings. The molecule has 6 heteroatoms. The molecule has 0 aliphatic rings. The predicted octanol–water partition coefficient (Wildman–Crippen LogP) is 2.01. The van der Waals surface area contributed by atoms with Gasteiger partial charge in [-0.3, -0.25) is 9.36 Å². The minimum atomic E-state index is 0.151. The molecule has 1 unspecified atom stereocenters. The van der Waals surface area contributed by atoms with Crippen molar-refractivity contribution in [3.05, 3.63) is 34.4 Å². The van der Waals surface area contributed by atoms with Crippen LogP contribution in [0.4, 0.5) is 0 Å². The minimum absolute atomic E-state index is 0.151. The van der Waals surface area contributed by atoms with Crippen LogP contribution in [0.1, 0.15) is 30.0 Å². The van der Waals surface area contributed by atoms with Crippen molar-refractivity contribution in [1.82, 2.24) is 24.9 Å². The van der Waals surface area contributed by atoms with Crippen molar-refractivity contribution in [3.8, 4) is 0 Å². The molecule has 0 spiro atoms. The van der Waals surface area contributed by atoms with Crippen molar-refractivity contribution in [2.45, 2.75) is 26.3 Å². The third-order valence-corrected chi connectivity index (χ3v) is 3.69. The molecule has 0 saturated heterocycles. The molecule has 104 valence electrons. The number of halogens is 1. The largest absolute Gasteiger partial charge is 0.309 e. The van der Waals surface area contributed by atoms with E-state index in [9.17, 15) is 0 Å². The van der Waals surface area contributed by atoms with Crippen LogP contribution in [0, 0.1) is 6.92 Å². The first-order valence-corrected chi connectivity index (χ1v) is 6.81. The van der Waals surface area contributed by atoms with Gasteiger partial charge in [-0.1, -0.05) is 18.5 Å². The summed E-state index contributed by atoms with van der Waals surface area (Å²) in [5.41, 5.74) is 2.94. The fourth-order valence-electron chi connectivity index (χ4n) is 2.24. The molecular weight excluding hydrogens is 262 g/mol. The van der Waals surface area contributed by atoms with Gasteiger partial charge in [-0.05, 0) is 19.5 Å². The maximum atomic E-state index is 6.31. The number of nitrogens with one attached hydrogen (secondary N) is 1. The maximum Gasteiger partial charge on any atom is 0.0847 e. The van der Waals surface area contributed by atoms with Gasteiger partial charge in [0.25, 0.3) is 0 Å². The molecule has 2 aromatic heterocycles. The quantitative estimate of drug-likeness (QED) is 0.912. The number of likely N-dealkylation sites (N-methyl/N-ethyl adjacent to an activating group) is 1. The Morgan fingerprint density at radius 1 is 1.37 bits per heavy atom. The lowest BCUT2D eigenvalue weighted by molar-refractivity contribution is 0.510. The smallest absolute Gasteiger partial charge is 0.0847 e. The van der Waals surface area contributed by atoms with E-state index in [0.29, 0.717) is 0 Å². The Labute approximate surface area is 118 Å². The molecule has 2 rings (SSSR count). The van der Waals surface area contributed by atoms with Crippen LogP contribution in [0.25, 0.3) is 0 Å². The highest BCUT2D eigenvalue weighted by Gasteiger charge is 2.19. The van der Waals surface area contributed by atoms with Crippen molar-refractivity contribution in [2.24, 2.45) is 14.1 Å². The van der Waals surface area contributed by atoms with Gasteiger partial charge in [-0.25, -0.2) is 0 Å². The lowest BCUT2D eigenvalue weighted by Crippen LogP contribution is -2.24. The molecule has 0 amide bonds. The fraction of sp³-hybridized carbons (Fsp3) is 0.538. The van der Waals surface area contributed by atoms with Crippen LogP contribution >= 0.6 is 11.6 Å². The number of hydrogen-bond donors (Lipinski definition) is 1. The number of hydrogen-bond acceptors (Lipinski definition) is 3. The van der Waals surface area contributed by atoms with Crippen molar-refractivity contribution < 1.29 is 0 Å². The topological polar surface area (TPSA) is 47.7 Å². The van der Waals surface area contributed by atoms with E-state index in [4.69, 9.17) is 11.6 Å². The summed E-state index contributed by atoms with van der Waals surface area (Å²) in [4.78, 5) is 0. The Morgan fingerprint density at radius 2 is 2.11 bits per heavy atom. The van der Waals surface area contributed by atoms with Gasteiger partial charge in [0, 0.05) is 26.7 Å². The molecule has 0 aromatic carbocycles. The molecule has 0 bridgehead atoms. The second kappa shape index (κ2) is 5.75. The summed E-state index contributed by atoms with van der Waals surface area (Å²) in [6, 6.07) is 2.18. The monoisotopic (exact) mass is 281 g/mol. The van der Waals surface area contributed by atoms with Crippen LogP contribution in [0.2, 0.25) is 5.02 Å².